The lowest BCUT2D eigenvalue weighted by Gasteiger charge is -2.26. The summed E-state index contributed by atoms with van der Waals surface area (Å²) in [5, 5.41) is 2.82. The summed E-state index contributed by atoms with van der Waals surface area (Å²) < 4.78 is 0. The molecule has 0 saturated heterocycles. The van der Waals surface area contributed by atoms with Crippen LogP contribution in [0.2, 0.25) is 0 Å². The summed E-state index contributed by atoms with van der Waals surface area (Å²) in [7, 11) is 0. The van der Waals surface area contributed by atoms with Gasteiger partial charge in [-0.05, 0) is 19.8 Å². The molecule has 3 N–H and O–H groups in total. The van der Waals surface area contributed by atoms with Gasteiger partial charge in [0.25, 0.3) is 0 Å². The van der Waals surface area contributed by atoms with E-state index in [4.69, 9.17) is 5.73 Å². The molecule has 4 nitrogen and oxygen atoms in total. The minimum Gasteiger partial charge on any atom is -0.354 e. The van der Waals surface area contributed by atoms with Crippen LogP contribution in [0.25, 0.3) is 0 Å². The molecule has 0 fully saturated rings. The van der Waals surface area contributed by atoms with Gasteiger partial charge in [0.15, 0.2) is 5.78 Å². The minimum absolute atomic E-state index is 0.00450. The second-order valence-corrected chi connectivity index (χ2v) is 5.64. The Bertz CT molecular complexity index is 476. The highest BCUT2D eigenvalue weighted by Crippen LogP contribution is 2.10. The number of ketones is 1. The van der Waals surface area contributed by atoms with E-state index in [-0.39, 0.29) is 30.1 Å². The monoisotopic (exact) mass is 290 g/mol. The van der Waals surface area contributed by atoms with Crippen LogP contribution in [0.5, 0.6) is 0 Å². The first-order valence-electron chi connectivity index (χ1n) is 7.55. The van der Waals surface area contributed by atoms with E-state index in [9.17, 15) is 9.59 Å². The molecule has 0 aliphatic carbocycles. The lowest BCUT2D eigenvalue weighted by molar-refractivity contribution is -0.121. The van der Waals surface area contributed by atoms with Gasteiger partial charge in [-0.25, -0.2) is 0 Å². The van der Waals surface area contributed by atoms with Gasteiger partial charge in [0.2, 0.25) is 5.91 Å². The summed E-state index contributed by atoms with van der Waals surface area (Å²) in [6.45, 7) is 6.45. The van der Waals surface area contributed by atoms with Crippen LogP contribution in [0.3, 0.4) is 0 Å². The van der Waals surface area contributed by atoms with Crippen molar-refractivity contribution in [3.8, 4) is 0 Å². The topological polar surface area (TPSA) is 72.2 Å². The molecule has 1 aromatic carbocycles. The van der Waals surface area contributed by atoms with Gasteiger partial charge < -0.3 is 11.1 Å². The van der Waals surface area contributed by atoms with Crippen molar-refractivity contribution < 1.29 is 9.59 Å². The molecule has 0 spiro atoms. The van der Waals surface area contributed by atoms with E-state index in [0.717, 1.165) is 18.4 Å². The van der Waals surface area contributed by atoms with Crippen molar-refractivity contribution in [2.45, 2.75) is 52.0 Å². The highest BCUT2D eigenvalue weighted by molar-refractivity contribution is 5.97. The van der Waals surface area contributed by atoms with Crippen molar-refractivity contribution in [3.05, 3.63) is 35.4 Å². The van der Waals surface area contributed by atoms with Crippen LogP contribution < -0.4 is 11.1 Å². The highest BCUT2D eigenvalue weighted by atomic mass is 16.2. The molecule has 21 heavy (non-hydrogen) atoms. The van der Waals surface area contributed by atoms with Crippen LogP contribution in [-0.2, 0) is 4.79 Å². The summed E-state index contributed by atoms with van der Waals surface area (Å²) in [4.78, 5) is 23.8. The maximum absolute atomic E-state index is 12.0. The molecule has 0 atom stereocenters. The summed E-state index contributed by atoms with van der Waals surface area (Å²) in [6, 6.07) is 7.40. The molecule has 1 aromatic rings. The molecule has 1 amide bonds. The lowest BCUT2D eigenvalue weighted by atomic mass is 9.94. The summed E-state index contributed by atoms with van der Waals surface area (Å²) in [5.74, 6) is -0.123. The first-order valence-corrected chi connectivity index (χ1v) is 7.55. The third-order valence-electron chi connectivity index (χ3n) is 4.00. The highest BCUT2D eigenvalue weighted by Gasteiger charge is 2.20. The smallest absolute Gasteiger partial charge is 0.220 e. The Hall–Kier alpha value is -1.68. The van der Waals surface area contributed by atoms with Crippen molar-refractivity contribution in [1.29, 1.82) is 0 Å². The lowest BCUT2D eigenvalue weighted by Crippen LogP contribution is -2.49. The Morgan fingerprint density at radius 3 is 2.19 bits per heavy atom. The number of hydrogen-bond acceptors (Lipinski definition) is 3. The van der Waals surface area contributed by atoms with E-state index >= 15 is 0 Å². The van der Waals surface area contributed by atoms with E-state index in [2.05, 4.69) is 5.32 Å². The summed E-state index contributed by atoms with van der Waals surface area (Å²) in [6.07, 6.45) is 2.05. The van der Waals surface area contributed by atoms with Gasteiger partial charge in [-0.1, -0.05) is 43.7 Å². The Morgan fingerprint density at radius 1 is 1.10 bits per heavy atom. The Labute approximate surface area is 127 Å². The second-order valence-electron chi connectivity index (χ2n) is 5.64. The SMILES string of the molecule is CCC(N)(CC)CNC(=O)CCC(=O)c1ccc(C)cc1. The van der Waals surface area contributed by atoms with Crippen molar-refractivity contribution in [3.63, 3.8) is 0 Å². The first kappa shape index (κ1) is 17.4. The van der Waals surface area contributed by atoms with E-state index in [1.165, 1.54) is 0 Å². The zero-order valence-electron chi connectivity index (χ0n) is 13.2. The molecule has 0 radical (unpaired) electrons. The van der Waals surface area contributed by atoms with E-state index in [1.54, 1.807) is 12.1 Å². The molecule has 0 aliphatic heterocycles. The Morgan fingerprint density at radius 2 is 1.67 bits per heavy atom. The molecule has 0 bridgehead atoms. The number of Topliss-reactive ketones (excluding diaryl/α,β-unsaturated/α-hetero) is 1. The largest absolute Gasteiger partial charge is 0.354 e. The van der Waals surface area contributed by atoms with E-state index < -0.39 is 0 Å². The number of hydrogen-bond donors (Lipinski definition) is 2. The molecule has 0 heterocycles. The number of nitrogens with one attached hydrogen (secondary N) is 1. The maximum Gasteiger partial charge on any atom is 0.220 e. The van der Waals surface area contributed by atoms with Gasteiger partial charge in [0.05, 0.1) is 0 Å². The number of benzene rings is 1. The maximum atomic E-state index is 12.0. The zero-order valence-corrected chi connectivity index (χ0v) is 13.2. The quantitative estimate of drug-likeness (QED) is 0.723. The molecular formula is C17H26N2O2. The fourth-order valence-corrected chi connectivity index (χ4v) is 1.97. The Kier molecular flexibility index (Phi) is 6.56. The van der Waals surface area contributed by atoms with Crippen LogP contribution in [0.15, 0.2) is 24.3 Å². The molecule has 0 saturated carbocycles. The fourth-order valence-electron chi connectivity index (χ4n) is 1.97. The molecule has 116 valence electrons. The normalized spacial score (nSPS) is 11.2. The van der Waals surface area contributed by atoms with Crippen molar-refractivity contribution in [2.24, 2.45) is 5.73 Å². The number of rotatable bonds is 8. The molecule has 0 aromatic heterocycles. The number of aryl methyl sites for hydroxylation is 1. The number of nitrogens with two attached hydrogens (primary N) is 1. The standard InChI is InChI=1S/C17H26N2O2/c1-4-17(18,5-2)12-19-16(21)11-10-15(20)14-8-6-13(3)7-9-14/h6-9H,4-5,10-12,18H2,1-3H3,(H,19,21). The van der Waals surface area contributed by atoms with Crippen molar-refractivity contribution >= 4 is 11.7 Å². The van der Waals surface area contributed by atoms with Gasteiger partial charge in [0, 0.05) is 30.5 Å². The van der Waals surface area contributed by atoms with Crippen molar-refractivity contribution in [1.82, 2.24) is 5.32 Å². The van der Waals surface area contributed by atoms with E-state index in [0.29, 0.717) is 12.1 Å². The van der Waals surface area contributed by atoms with Gasteiger partial charge >= 0.3 is 0 Å². The minimum atomic E-state index is -0.351. The number of carbonyl (C=O) groups is 2. The predicted octanol–water partition coefficient (Wildman–Crippen LogP) is 2.59. The van der Waals surface area contributed by atoms with Crippen LogP contribution in [0.4, 0.5) is 0 Å². The van der Waals surface area contributed by atoms with Crippen LogP contribution >= 0.6 is 0 Å². The van der Waals surface area contributed by atoms with Crippen molar-refractivity contribution in [2.75, 3.05) is 6.54 Å². The number of amides is 1. The molecule has 1 rings (SSSR count). The first-order chi connectivity index (χ1) is 9.90. The average molecular weight is 290 g/mol. The van der Waals surface area contributed by atoms with Gasteiger partial charge in [0.1, 0.15) is 0 Å². The van der Waals surface area contributed by atoms with E-state index in [1.807, 2.05) is 32.9 Å². The van der Waals surface area contributed by atoms with Crippen LogP contribution in [-0.4, -0.2) is 23.8 Å². The third-order valence-corrected chi connectivity index (χ3v) is 4.00. The molecular weight excluding hydrogens is 264 g/mol. The van der Waals surface area contributed by atoms with Gasteiger partial charge in [-0.2, -0.15) is 0 Å². The molecule has 0 unspecified atom stereocenters. The average Bonchev–Trinajstić information content (AvgIpc) is 2.51. The fraction of sp³-hybridized carbons (Fsp3) is 0.529. The van der Waals surface area contributed by atoms with Crippen LogP contribution in [0.1, 0.15) is 55.5 Å². The van der Waals surface area contributed by atoms with Gasteiger partial charge in [-0.15, -0.1) is 0 Å². The summed E-state index contributed by atoms with van der Waals surface area (Å²) >= 11 is 0. The zero-order chi connectivity index (χ0) is 15.9. The van der Waals surface area contributed by atoms with Crippen LogP contribution in [0, 0.1) is 6.92 Å². The Balaban J connectivity index is 2.39. The second kappa shape index (κ2) is 7.93. The third kappa shape index (κ3) is 5.68. The summed E-state index contributed by atoms with van der Waals surface area (Å²) in [5.41, 5.74) is 7.54. The number of carbonyl (C=O) groups excluding carboxylic acids is 2. The predicted molar refractivity (Wildman–Crippen MR) is 85.3 cm³/mol. The molecule has 0 aliphatic rings. The molecule has 4 heteroatoms. The van der Waals surface area contributed by atoms with Gasteiger partial charge in [-0.3, -0.25) is 9.59 Å².